The molecule has 0 bridgehead atoms. The van der Waals surface area contributed by atoms with Crippen LogP contribution in [0.15, 0.2) is 42.5 Å². The SMILES string of the molecule is Cc1cc(C#N)ccc1-c1cccc(C(=O)N2CCC[C@H]2C)c1. The highest BCUT2D eigenvalue weighted by atomic mass is 16.2. The molecular formula is C20H20N2O. The van der Waals surface area contributed by atoms with Gasteiger partial charge in [-0.3, -0.25) is 4.79 Å². The molecule has 0 unspecified atom stereocenters. The van der Waals surface area contributed by atoms with Gasteiger partial charge >= 0.3 is 0 Å². The number of likely N-dealkylation sites (tertiary alicyclic amines) is 1. The maximum Gasteiger partial charge on any atom is 0.254 e. The Morgan fingerprint density at radius 2 is 2.09 bits per heavy atom. The van der Waals surface area contributed by atoms with Crippen LogP contribution in [-0.4, -0.2) is 23.4 Å². The van der Waals surface area contributed by atoms with Crippen LogP contribution in [0.3, 0.4) is 0 Å². The molecular weight excluding hydrogens is 284 g/mol. The van der Waals surface area contributed by atoms with E-state index in [4.69, 9.17) is 5.26 Å². The van der Waals surface area contributed by atoms with Crippen molar-refractivity contribution < 1.29 is 4.79 Å². The Morgan fingerprint density at radius 1 is 1.26 bits per heavy atom. The van der Waals surface area contributed by atoms with E-state index in [-0.39, 0.29) is 5.91 Å². The van der Waals surface area contributed by atoms with E-state index in [0.29, 0.717) is 11.6 Å². The van der Waals surface area contributed by atoms with Crippen molar-refractivity contribution in [1.29, 1.82) is 5.26 Å². The average molecular weight is 304 g/mol. The fourth-order valence-corrected chi connectivity index (χ4v) is 3.28. The summed E-state index contributed by atoms with van der Waals surface area (Å²) < 4.78 is 0. The number of nitriles is 1. The second-order valence-corrected chi connectivity index (χ2v) is 6.21. The molecule has 1 amide bonds. The number of hydrogen-bond donors (Lipinski definition) is 0. The Bertz CT molecular complexity index is 788. The van der Waals surface area contributed by atoms with Gasteiger partial charge in [-0.15, -0.1) is 0 Å². The number of amides is 1. The molecule has 116 valence electrons. The van der Waals surface area contributed by atoms with E-state index in [9.17, 15) is 4.79 Å². The molecule has 1 atom stereocenters. The standard InChI is InChI=1S/C20H20N2O/c1-14-11-16(13-21)8-9-19(14)17-6-3-7-18(12-17)20(23)22-10-4-5-15(22)2/h3,6-9,11-12,15H,4-5,10H2,1-2H3/t15-/m1/s1. The molecule has 3 nitrogen and oxygen atoms in total. The van der Waals surface area contributed by atoms with Gasteiger partial charge in [-0.25, -0.2) is 0 Å². The first-order chi connectivity index (χ1) is 11.1. The Morgan fingerprint density at radius 3 is 2.74 bits per heavy atom. The van der Waals surface area contributed by atoms with Crippen LogP contribution < -0.4 is 0 Å². The van der Waals surface area contributed by atoms with Crippen molar-refractivity contribution in [2.45, 2.75) is 32.7 Å². The molecule has 3 heteroatoms. The molecule has 1 aliphatic rings. The largest absolute Gasteiger partial charge is 0.336 e. The maximum atomic E-state index is 12.7. The molecule has 2 aromatic carbocycles. The first kappa shape index (κ1) is 15.3. The summed E-state index contributed by atoms with van der Waals surface area (Å²) in [6.07, 6.45) is 2.17. The van der Waals surface area contributed by atoms with Gasteiger partial charge in [0.25, 0.3) is 5.91 Å². The van der Waals surface area contributed by atoms with Gasteiger partial charge in [-0.05, 0) is 67.6 Å². The van der Waals surface area contributed by atoms with Gasteiger partial charge in [-0.2, -0.15) is 5.26 Å². The van der Waals surface area contributed by atoms with Crippen LogP contribution in [-0.2, 0) is 0 Å². The van der Waals surface area contributed by atoms with Gasteiger partial charge < -0.3 is 4.90 Å². The minimum atomic E-state index is 0.114. The lowest BCUT2D eigenvalue weighted by molar-refractivity contribution is 0.0747. The normalized spacial score (nSPS) is 17.1. The molecule has 0 radical (unpaired) electrons. The number of carbonyl (C=O) groups excluding carboxylic acids is 1. The van der Waals surface area contributed by atoms with Gasteiger partial charge in [0.2, 0.25) is 0 Å². The number of aryl methyl sites for hydroxylation is 1. The summed E-state index contributed by atoms with van der Waals surface area (Å²) in [6.45, 7) is 4.95. The highest BCUT2D eigenvalue weighted by Crippen LogP contribution is 2.26. The van der Waals surface area contributed by atoms with Crippen molar-refractivity contribution in [3.8, 4) is 17.2 Å². The van der Waals surface area contributed by atoms with E-state index < -0.39 is 0 Å². The minimum Gasteiger partial charge on any atom is -0.336 e. The molecule has 23 heavy (non-hydrogen) atoms. The van der Waals surface area contributed by atoms with E-state index in [1.807, 2.05) is 54.3 Å². The third-order valence-corrected chi connectivity index (χ3v) is 4.59. The van der Waals surface area contributed by atoms with Crippen LogP contribution in [0.4, 0.5) is 0 Å². The molecule has 0 aromatic heterocycles. The van der Waals surface area contributed by atoms with Crippen LogP contribution in [0.1, 0.15) is 41.3 Å². The Kier molecular flexibility index (Phi) is 4.16. The first-order valence-corrected chi connectivity index (χ1v) is 8.02. The van der Waals surface area contributed by atoms with Gasteiger partial charge in [-0.1, -0.05) is 18.2 Å². The van der Waals surface area contributed by atoms with Crippen LogP contribution in [0.25, 0.3) is 11.1 Å². The smallest absolute Gasteiger partial charge is 0.254 e. The number of hydrogen-bond acceptors (Lipinski definition) is 2. The predicted molar refractivity (Wildman–Crippen MR) is 91.1 cm³/mol. The van der Waals surface area contributed by atoms with Crippen LogP contribution in [0.5, 0.6) is 0 Å². The van der Waals surface area contributed by atoms with Crippen molar-refractivity contribution in [1.82, 2.24) is 4.90 Å². The predicted octanol–water partition coefficient (Wildman–Crippen LogP) is 4.16. The van der Waals surface area contributed by atoms with Gasteiger partial charge in [0, 0.05) is 18.2 Å². The summed E-state index contributed by atoms with van der Waals surface area (Å²) in [5, 5.41) is 8.99. The van der Waals surface area contributed by atoms with E-state index in [1.165, 1.54) is 0 Å². The molecule has 3 rings (SSSR count). The second kappa shape index (κ2) is 6.26. The monoisotopic (exact) mass is 304 g/mol. The van der Waals surface area contributed by atoms with Crippen molar-refractivity contribution in [3.05, 3.63) is 59.2 Å². The third-order valence-electron chi connectivity index (χ3n) is 4.59. The molecule has 0 N–H and O–H groups in total. The molecule has 1 saturated heterocycles. The fourth-order valence-electron chi connectivity index (χ4n) is 3.28. The lowest BCUT2D eigenvalue weighted by atomic mass is 9.97. The van der Waals surface area contributed by atoms with Crippen LogP contribution in [0, 0.1) is 18.3 Å². The molecule has 2 aromatic rings. The van der Waals surface area contributed by atoms with Crippen molar-refractivity contribution >= 4 is 5.91 Å². The van der Waals surface area contributed by atoms with Gasteiger partial charge in [0.15, 0.2) is 0 Å². The molecule has 1 heterocycles. The zero-order valence-electron chi connectivity index (χ0n) is 13.5. The lowest BCUT2D eigenvalue weighted by Gasteiger charge is -2.21. The number of nitrogens with zero attached hydrogens (tertiary/aromatic N) is 2. The number of rotatable bonds is 2. The molecule has 1 fully saturated rings. The zero-order chi connectivity index (χ0) is 16.4. The summed E-state index contributed by atoms with van der Waals surface area (Å²) in [6, 6.07) is 15.9. The van der Waals surface area contributed by atoms with E-state index in [1.54, 1.807) is 0 Å². The number of carbonyl (C=O) groups is 1. The minimum absolute atomic E-state index is 0.114. The summed E-state index contributed by atoms with van der Waals surface area (Å²) in [5.41, 5.74) is 4.52. The van der Waals surface area contributed by atoms with Gasteiger partial charge in [0.1, 0.15) is 0 Å². The van der Waals surface area contributed by atoms with Crippen molar-refractivity contribution in [3.63, 3.8) is 0 Å². The zero-order valence-corrected chi connectivity index (χ0v) is 13.5. The third kappa shape index (κ3) is 2.98. The summed E-state index contributed by atoms with van der Waals surface area (Å²) in [5.74, 6) is 0.114. The van der Waals surface area contributed by atoms with E-state index >= 15 is 0 Å². The Hall–Kier alpha value is -2.60. The van der Waals surface area contributed by atoms with E-state index in [0.717, 1.165) is 41.6 Å². The van der Waals surface area contributed by atoms with Crippen LogP contribution >= 0.6 is 0 Å². The molecule has 0 aliphatic carbocycles. The van der Waals surface area contributed by atoms with Crippen molar-refractivity contribution in [2.24, 2.45) is 0 Å². The Labute approximate surface area is 137 Å². The lowest BCUT2D eigenvalue weighted by Crippen LogP contribution is -2.33. The maximum absolute atomic E-state index is 12.7. The Balaban J connectivity index is 1.94. The summed E-state index contributed by atoms with van der Waals surface area (Å²) in [7, 11) is 0. The second-order valence-electron chi connectivity index (χ2n) is 6.21. The van der Waals surface area contributed by atoms with Crippen molar-refractivity contribution in [2.75, 3.05) is 6.54 Å². The summed E-state index contributed by atoms with van der Waals surface area (Å²) in [4.78, 5) is 14.7. The topological polar surface area (TPSA) is 44.1 Å². The first-order valence-electron chi connectivity index (χ1n) is 8.02. The molecule has 0 saturated carbocycles. The highest BCUT2D eigenvalue weighted by Gasteiger charge is 2.26. The highest BCUT2D eigenvalue weighted by molar-refractivity contribution is 5.96. The average Bonchev–Trinajstić information content (AvgIpc) is 3.00. The fraction of sp³-hybridized carbons (Fsp3) is 0.300. The molecule has 1 aliphatic heterocycles. The molecule has 0 spiro atoms. The van der Waals surface area contributed by atoms with Gasteiger partial charge in [0.05, 0.1) is 11.6 Å². The summed E-state index contributed by atoms with van der Waals surface area (Å²) >= 11 is 0. The number of benzene rings is 2. The van der Waals surface area contributed by atoms with E-state index in [2.05, 4.69) is 13.0 Å². The quantitative estimate of drug-likeness (QED) is 0.836. The van der Waals surface area contributed by atoms with Crippen LogP contribution in [0.2, 0.25) is 0 Å².